The van der Waals surface area contributed by atoms with E-state index in [1.54, 1.807) is 37.3 Å². The number of nitrogens with zero attached hydrogens (tertiary/aromatic N) is 2. The number of nitro groups is 1. The van der Waals surface area contributed by atoms with E-state index >= 15 is 0 Å². The highest BCUT2D eigenvalue weighted by Gasteiger charge is 2.13. The maximum absolute atomic E-state index is 10.9. The summed E-state index contributed by atoms with van der Waals surface area (Å²) in [4.78, 5) is 25.4. The summed E-state index contributed by atoms with van der Waals surface area (Å²) in [7, 11) is 0. The lowest BCUT2D eigenvalue weighted by Gasteiger charge is -2.08. The molecule has 20 heavy (non-hydrogen) atoms. The molecule has 0 aliphatic carbocycles. The fourth-order valence-corrected chi connectivity index (χ4v) is 1.74. The van der Waals surface area contributed by atoms with Crippen molar-refractivity contribution in [1.29, 1.82) is 0 Å². The third kappa shape index (κ3) is 2.97. The molecule has 6 heteroatoms. The van der Waals surface area contributed by atoms with Crippen LogP contribution >= 0.6 is 0 Å². The minimum Gasteiger partial charge on any atom is -0.486 e. The summed E-state index contributed by atoms with van der Waals surface area (Å²) in [5.74, 6) is 0.309. The molecule has 0 atom stereocenters. The lowest BCUT2D eigenvalue weighted by Crippen LogP contribution is -2.03. The van der Waals surface area contributed by atoms with Gasteiger partial charge in [0, 0.05) is 11.8 Å². The number of benzene rings is 1. The SMILES string of the molecule is Cc1ccc(OCc2ccccc2[N+](=O)[O-])c(C=O)n1. The van der Waals surface area contributed by atoms with Crippen LogP contribution in [0.4, 0.5) is 5.69 Å². The number of pyridine rings is 1. The topological polar surface area (TPSA) is 82.3 Å². The highest BCUT2D eigenvalue weighted by molar-refractivity contribution is 5.76. The molecule has 2 rings (SSSR count). The van der Waals surface area contributed by atoms with Gasteiger partial charge in [-0.2, -0.15) is 0 Å². The van der Waals surface area contributed by atoms with Gasteiger partial charge in [-0.3, -0.25) is 14.9 Å². The lowest BCUT2D eigenvalue weighted by atomic mass is 10.2. The summed E-state index contributed by atoms with van der Waals surface area (Å²) < 4.78 is 5.46. The van der Waals surface area contributed by atoms with Crippen LogP contribution in [-0.4, -0.2) is 16.2 Å². The first-order chi connectivity index (χ1) is 9.61. The molecule has 1 aromatic heterocycles. The molecule has 0 amide bonds. The normalized spacial score (nSPS) is 10.1. The molecule has 0 aliphatic rings. The zero-order chi connectivity index (χ0) is 14.5. The molecule has 1 aromatic carbocycles. The van der Waals surface area contributed by atoms with Crippen molar-refractivity contribution in [1.82, 2.24) is 4.98 Å². The van der Waals surface area contributed by atoms with Crippen molar-refractivity contribution < 1.29 is 14.5 Å². The lowest BCUT2D eigenvalue weighted by molar-refractivity contribution is -0.385. The Morgan fingerprint density at radius 1 is 1.30 bits per heavy atom. The van der Waals surface area contributed by atoms with Crippen molar-refractivity contribution in [3.63, 3.8) is 0 Å². The van der Waals surface area contributed by atoms with E-state index in [4.69, 9.17) is 4.74 Å². The quantitative estimate of drug-likeness (QED) is 0.474. The second-order valence-electron chi connectivity index (χ2n) is 4.13. The molecular formula is C14H12N2O4. The molecule has 0 radical (unpaired) electrons. The van der Waals surface area contributed by atoms with E-state index in [-0.39, 0.29) is 18.0 Å². The van der Waals surface area contributed by atoms with Crippen molar-refractivity contribution >= 4 is 12.0 Å². The molecule has 0 fully saturated rings. The van der Waals surface area contributed by atoms with Crippen molar-refractivity contribution in [2.75, 3.05) is 0 Å². The first-order valence-electron chi connectivity index (χ1n) is 5.89. The standard InChI is InChI=1S/C14H12N2O4/c1-10-6-7-14(12(8-17)15-10)20-9-11-4-2-3-5-13(11)16(18)19/h2-8H,9H2,1H3. The van der Waals surface area contributed by atoms with Gasteiger partial charge in [-0.25, -0.2) is 4.98 Å². The van der Waals surface area contributed by atoms with Crippen LogP contribution in [0.5, 0.6) is 5.75 Å². The van der Waals surface area contributed by atoms with Crippen LogP contribution < -0.4 is 4.74 Å². The van der Waals surface area contributed by atoms with Crippen LogP contribution in [0, 0.1) is 17.0 Å². The van der Waals surface area contributed by atoms with Crippen molar-refractivity contribution in [3.8, 4) is 5.75 Å². The van der Waals surface area contributed by atoms with Crippen LogP contribution in [-0.2, 0) is 6.61 Å². The van der Waals surface area contributed by atoms with Crippen molar-refractivity contribution in [3.05, 3.63) is 63.5 Å². The number of carbonyl (C=O) groups is 1. The maximum Gasteiger partial charge on any atom is 0.276 e. The number of hydrogen-bond acceptors (Lipinski definition) is 5. The average molecular weight is 272 g/mol. The summed E-state index contributed by atoms with van der Waals surface area (Å²) >= 11 is 0. The van der Waals surface area contributed by atoms with E-state index in [1.807, 2.05) is 0 Å². The summed E-state index contributed by atoms with van der Waals surface area (Å²) in [5.41, 5.74) is 1.31. The fraction of sp³-hybridized carbons (Fsp3) is 0.143. The Labute approximate surface area is 115 Å². The van der Waals surface area contributed by atoms with Gasteiger partial charge in [0.25, 0.3) is 5.69 Å². The summed E-state index contributed by atoms with van der Waals surface area (Å²) in [6.07, 6.45) is 0.599. The molecule has 6 nitrogen and oxygen atoms in total. The number of hydrogen-bond donors (Lipinski definition) is 0. The van der Waals surface area contributed by atoms with E-state index in [2.05, 4.69) is 4.98 Å². The van der Waals surface area contributed by atoms with Gasteiger partial charge in [0.2, 0.25) is 0 Å². The molecule has 0 aliphatic heterocycles. The summed E-state index contributed by atoms with van der Waals surface area (Å²) in [6.45, 7) is 1.77. The van der Waals surface area contributed by atoms with Gasteiger partial charge in [0.05, 0.1) is 10.5 Å². The first kappa shape index (κ1) is 13.7. The van der Waals surface area contributed by atoms with Crippen LogP contribution in [0.25, 0.3) is 0 Å². The second kappa shape index (κ2) is 5.92. The van der Waals surface area contributed by atoms with Crippen LogP contribution in [0.1, 0.15) is 21.7 Å². The summed E-state index contributed by atoms with van der Waals surface area (Å²) in [6, 6.07) is 9.64. The number of aromatic nitrogens is 1. The zero-order valence-electron chi connectivity index (χ0n) is 10.8. The Bertz CT molecular complexity index is 655. The van der Waals surface area contributed by atoms with Crippen LogP contribution in [0.2, 0.25) is 0 Å². The average Bonchev–Trinajstić information content (AvgIpc) is 2.46. The van der Waals surface area contributed by atoms with Gasteiger partial charge < -0.3 is 4.74 Å². The number of aldehydes is 1. The summed E-state index contributed by atoms with van der Waals surface area (Å²) in [5, 5.41) is 10.9. The maximum atomic E-state index is 10.9. The van der Waals surface area contributed by atoms with E-state index in [0.29, 0.717) is 23.3 Å². The van der Waals surface area contributed by atoms with Crippen LogP contribution in [0.3, 0.4) is 0 Å². The Morgan fingerprint density at radius 2 is 2.05 bits per heavy atom. The van der Waals surface area contributed by atoms with Crippen molar-refractivity contribution in [2.24, 2.45) is 0 Å². The highest BCUT2D eigenvalue weighted by atomic mass is 16.6. The minimum atomic E-state index is -0.466. The molecule has 0 saturated heterocycles. The molecule has 1 heterocycles. The number of aryl methyl sites for hydroxylation is 1. The van der Waals surface area contributed by atoms with Gasteiger partial charge in [0.1, 0.15) is 18.1 Å². The van der Waals surface area contributed by atoms with E-state index in [1.165, 1.54) is 6.07 Å². The third-order valence-corrected chi connectivity index (χ3v) is 2.71. The molecule has 0 saturated carbocycles. The van der Waals surface area contributed by atoms with Gasteiger partial charge in [0.15, 0.2) is 6.29 Å². The minimum absolute atomic E-state index is 0.00271. The smallest absolute Gasteiger partial charge is 0.276 e. The molecule has 0 spiro atoms. The first-order valence-corrected chi connectivity index (χ1v) is 5.89. The van der Waals surface area contributed by atoms with Gasteiger partial charge in [-0.1, -0.05) is 12.1 Å². The highest BCUT2D eigenvalue weighted by Crippen LogP contribution is 2.21. The predicted molar refractivity (Wildman–Crippen MR) is 71.8 cm³/mol. The molecule has 0 bridgehead atoms. The number of nitro benzene ring substituents is 1. The van der Waals surface area contributed by atoms with Gasteiger partial charge in [-0.15, -0.1) is 0 Å². The number of ether oxygens (including phenoxy) is 1. The van der Waals surface area contributed by atoms with Gasteiger partial charge >= 0.3 is 0 Å². The van der Waals surface area contributed by atoms with Gasteiger partial charge in [-0.05, 0) is 25.1 Å². The fourth-order valence-electron chi connectivity index (χ4n) is 1.74. The molecule has 0 N–H and O–H groups in total. The number of para-hydroxylation sites is 1. The molecule has 102 valence electrons. The van der Waals surface area contributed by atoms with Crippen molar-refractivity contribution in [2.45, 2.75) is 13.5 Å². The number of carbonyl (C=O) groups excluding carboxylic acids is 1. The Kier molecular flexibility index (Phi) is 4.05. The third-order valence-electron chi connectivity index (χ3n) is 2.71. The Balaban J connectivity index is 2.21. The monoisotopic (exact) mass is 272 g/mol. The van der Waals surface area contributed by atoms with Crippen LogP contribution in [0.15, 0.2) is 36.4 Å². The molecule has 2 aromatic rings. The largest absolute Gasteiger partial charge is 0.486 e. The number of rotatable bonds is 5. The molecule has 0 unspecified atom stereocenters. The Hall–Kier alpha value is -2.76. The molecular weight excluding hydrogens is 260 g/mol. The zero-order valence-corrected chi connectivity index (χ0v) is 10.8. The Morgan fingerprint density at radius 3 is 2.75 bits per heavy atom. The predicted octanol–water partition coefficient (Wildman–Crippen LogP) is 2.69. The second-order valence-corrected chi connectivity index (χ2v) is 4.13. The van der Waals surface area contributed by atoms with E-state index in [9.17, 15) is 14.9 Å². The van der Waals surface area contributed by atoms with E-state index in [0.717, 1.165) is 0 Å². The van der Waals surface area contributed by atoms with E-state index < -0.39 is 4.92 Å².